The van der Waals surface area contributed by atoms with Crippen molar-refractivity contribution in [3.8, 4) is 0 Å². The molecule has 7 heteroatoms. The van der Waals surface area contributed by atoms with Gasteiger partial charge in [-0.05, 0) is 46.6 Å². The Balaban J connectivity index is 0.000000412. The van der Waals surface area contributed by atoms with E-state index in [1.807, 2.05) is 45.9 Å². The third-order valence-corrected chi connectivity index (χ3v) is 6.89. The molecule has 1 fully saturated rings. The molecule has 0 spiro atoms. The molecule has 1 unspecified atom stereocenters. The molecule has 1 atom stereocenters. The summed E-state index contributed by atoms with van der Waals surface area (Å²) in [6, 6.07) is 11.9. The number of hydrogen-bond donors (Lipinski definition) is 0. The molecule has 1 aromatic carbocycles. The summed E-state index contributed by atoms with van der Waals surface area (Å²) < 4.78 is 5.86. The predicted molar refractivity (Wildman–Crippen MR) is 130 cm³/mol. The number of amides is 1. The van der Waals surface area contributed by atoms with Crippen LogP contribution in [0.3, 0.4) is 0 Å². The first-order valence-corrected chi connectivity index (χ1v) is 12.0. The van der Waals surface area contributed by atoms with Crippen molar-refractivity contribution in [3.05, 3.63) is 56.2 Å². The van der Waals surface area contributed by atoms with Crippen LogP contribution in [-0.2, 0) is 4.74 Å². The van der Waals surface area contributed by atoms with Crippen molar-refractivity contribution in [2.45, 2.75) is 59.5 Å². The van der Waals surface area contributed by atoms with Crippen LogP contribution in [-0.4, -0.2) is 35.5 Å². The van der Waals surface area contributed by atoms with Crippen molar-refractivity contribution in [2.75, 3.05) is 13.1 Å². The van der Waals surface area contributed by atoms with Crippen LogP contribution in [0.2, 0.25) is 9.36 Å². The van der Waals surface area contributed by atoms with Gasteiger partial charge in [0, 0.05) is 13.1 Å². The Morgan fingerprint density at radius 1 is 1.19 bits per heavy atom. The molecule has 2 aromatic rings. The zero-order chi connectivity index (χ0) is 23.2. The Morgan fingerprint density at radius 3 is 2.29 bits per heavy atom. The summed E-state index contributed by atoms with van der Waals surface area (Å²) >= 11 is 13.2. The number of rotatable bonds is 4. The maximum absolute atomic E-state index is 13.1. The lowest BCUT2D eigenvalue weighted by atomic mass is 9.78. The summed E-state index contributed by atoms with van der Waals surface area (Å²) in [6.07, 6.45) is 1.85. The van der Waals surface area contributed by atoms with Crippen molar-refractivity contribution in [1.29, 1.82) is 0 Å². The van der Waals surface area contributed by atoms with Gasteiger partial charge in [0.05, 0.1) is 15.3 Å². The predicted octanol–water partition coefficient (Wildman–Crippen LogP) is 7.66. The lowest BCUT2D eigenvalue weighted by Crippen LogP contribution is -2.39. The molecule has 31 heavy (non-hydrogen) atoms. The Kier molecular flexibility index (Phi) is 8.99. The molecule has 1 amide bonds. The van der Waals surface area contributed by atoms with Gasteiger partial charge in [-0.2, -0.15) is 0 Å². The monoisotopic (exact) mass is 483 g/mol. The third kappa shape index (κ3) is 7.23. The summed E-state index contributed by atoms with van der Waals surface area (Å²) in [5, 5.41) is 0.402. The number of benzene rings is 1. The van der Waals surface area contributed by atoms with Crippen molar-refractivity contribution in [3.63, 3.8) is 0 Å². The molecule has 1 aromatic heterocycles. The number of likely N-dealkylation sites (tertiary alicyclic amines) is 1. The number of halogens is 2. The van der Waals surface area contributed by atoms with Crippen LogP contribution in [0.1, 0.15) is 62.2 Å². The molecule has 0 saturated carbocycles. The average molecular weight is 484 g/mol. The molecule has 0 N–H and O–H groups in total. The fourth-order valence-corrected chi connectivity index (χ4v) is 5.02. The highest BCUT2D eigenvalue weighted by molar-refractivity contribution is 7.18. The van der Waals surface area contributed by atoms with Gasteiger partial charge in [-0.15, -0.1) is 11.3 Å². The highest BCUT2D eigenvalue weighted by Crippen LogP contribution is 2.42. The van der Waals surface area contributed by atoms with Gasteiger partial charge in [0.15, 0.2) is 5.78 Å². The second-order valence-electron chi connectivity index (χ2n) is 8.90. The van der Waals surface area contributed by atoms with Crippen molar-refractivity contribution >= 4 is 46.4 Å². The second kappa shape index (κ2) is 10.8. The summed E-state index contributed by atoms with van der Waals surface area (Å²) in [5.41, 5.74) is 0.192. The number of nitrogens with zero attached hydrogens (tertiary/aromatic N) is 1. The molecule has 4 nitrogen and oxygen atoms in total. The fourth-order valence-electron chi connectivity index (χ4n) is 3.59. The number of thiophene rings is 1. The first-order chi connectivity index (χ1) is 14.5. The quantitative estimate of drug-likeness (QED) is 0.419. The molecule has 1 aliphatic rings. The molecular weight excluding hydrogens is 453 g/mol. The van der Waals surface area contributed by atoms with Crippen LogP contribution in [0.5, 0.6) is 0 Å². The molecule has 2 heterocycles. The van der Waals surface area contributed by atoms with Gasteiger partial charge in [-0.25, -0.2) is 4.79 Å². The third-order valence-electron chi connectivity index (χ3n) is 5.03. The summed E-state index contributed by atoms with van der Waals surface area (Å²) in [7, 11) is 0. The van der Waals surface area contributed by atoms with Gasteiger partial charge in [-0.3, -0.25) is 4.79 Å². The van der Waals surface area contributed by atoms with Gasteiger partial charge in [0.1, 0.15) is 9.94 Å². The molecule has 1 saturated heterocycles. The highest BCUT2D eigenvalue weighted by atomic mass is 35.5. The molecule has 170 valence electrons. The van der Waals surface area contributed by atoms with Crippen molar-refractivity contribution < 1.29 is 14.3 Å². The van der Waals surface area contributed by atoms with Gasteiger partial charge in [-0.1, -0.05) is 72.4 Å². The molecule has 0 bridgehead atoms. The molecule has 3 rings (SSSR count). The zero-order valence-electron chi connectivity index (χ0n) is 18.8. The van der Waals surface area contributed by atoms with E-state index in [0.29, 0.717) is 33.7 Å². The van der Waals surface area contributed by atoms with E-state index in [2.05, 4.69) is 19.1 Å². The first kappa shape index (κ1) is 25.7. The van der Waals surface area contributed by atoms with Crippen LogP contribution in [0.15, 0.2) is 36.4 Å². The van der Waals surface area contributed by atoms with E-state index in [1.54, 1.807) is 11.0 Å². The van der Waals surface area contributed by atoms with Crippen LogP contribution in [0.4, 0.5) is 4.79 Å². The standard InChI is InChI=1S/C17H23Cl2NO3S.C7H8/c1-5-6-17(13(21)12-9-11(18)14(19)24-12)7-8-20(10-17)15(22)23-16(2,3)4;1-7-5-3-2-4-6-7/h9H,5-8,10H2,1-4H3;2-6H,1H3. The van der Waals surface area contributed by atoms with E-state index in [1.165, 1.54) is 16.9 Å². The number of hydrogen-bond acceptors (Lipinski definition) is 4. The Labute approximate surface area is 199 Å². The number of Topliss-reactive ketones (excluding diaryl/α,β-unsaturated/α-hetero) is 1. The lowest BCUT2D eigenvalue weighted by molar-refractivity contribution is 0.0272. The molecule has 1 aliphatic heterocycles. The number of carbonyl (C=O) groups is 2. The SMILES string of the molecule is CCCC1(C(=O)c2cc(Cl)c(Cl)s2)CCN(C(=O)OC(C)(C)C)C1.Cc1ccccc1. The second-order valence-corrected chi connectivity index (χ2v) is 11.0. The topological polar surface area (TPSA) is 46.6 Å². The van der Waals surface area contributed by atoms with Crippen LogP contribution in [0.25, 0.3) is 0 Å². The van der Waals surface area contributed by atoms with E-state index in [0.717, 1.165) is 12.8 Å². The highest BCUT2D eigenvalue weighted by Gasteiger charge is 2.46. The molecule has 0 aliphatic carbocycles. The van der Waals surface area contributed by atoms with Crippen molar-refractivity contribution in [1.82, 2.24) is 4.90 Å². The van der Waals surface area contributed by atoms with E-state index < -0.39 is 11.0 Å². The fraction of sp³-hybridized carbons (Fsp3) is 0.500. The first-order valence-electron chi connectivity index (χ1n) is 10.5. The van der Waals surface area contributed by atoms with Crippen LogP contribution >= 0.6 is 34.5 Å². The van der Waals surface area contributed by atoms with Crippen molar-refractivity contribution in [2.24, 2.45) is 5.41 Å². The Bertz CT molecular complexity index is 872. The van der Waals surface area contributed by atoms with Crippen LogP contribution < -0.4 is 0 Å². The van der Waals surface area contributed by atoms with Gasteiger partial charge in [0.25, 0.3) is 0 Å². The minimum Gasteiger partial charge on any atom is -0.444 e. The van der Waals surface area contributed by atoms with E-state index in [-0.39, 0.29) is 11.9 Å². The number of aryl methyl sites for hydroxylation is 1. The van der Waals surface area contributed by atoms with Crippen LogP contribution in [0, 0.1) is 12.3 Å². The minimum absolute atomic E-state index is 0.0224. The normalized spacial score (nSPS) is 18.4. The minimum atomic E-state index is -0.580. The molecule has 0 radical (unpaired) electrons. The summed E-state index contributed by atoms with van der Waals surface area (Å²) in [4.78, 5) is 27.6. The smallest absolute Gasteiger partial charge is 0.410 e. The summed E-state index contributed by atoms with van der Waals surface area (Å²) in [5.74, 6) is 0.0224. The average Bonchev–Trinajstić information content (AvgIpc) is 3.26. The largest absolute Gasteiger partial charge is 0.444 e. The Hall–Kier alpha value is -1.56. The maximum Gasteiger partial charge on any atom is 0.410 e. The number of ether oxygens (including phenoxy) is 1. The number of carbonyl (C=O) groups excluding carboxylic acids is 2. The lowest BCUT2D eigenvalue weighted by Gasteiger charge is -2.28. The van der Waals surface area contributed by atoms with Gasteiger partial charge < -0.3 is 9.64 Å². The van der Waals surface area contributed by atoms with Gasteiger partial charge in [0.2, 0.25) is 0 Å². The maximum atomic E-state index is 13.1. The van der Waals surface area contributed by atoms with E-state index in [9.17, 15) is 9.59 Å². The molecular formula is C24H31Cl2NO3S. The van der Waals surface area contributed by atoms with E-state index >= 15 is 0 Å². The zero-order valence-corrected chi connectivity index (χ0v) is 21.2. The van der Waals surface area contributed by atoms with E-state index in [4.69, 9.17) is 27.9 Å². The number of ketones is 1. The Morgan fingerprint density at radius 2 is 1.84 bits per heavy atom. The summed E-state index contributed by atoms with van der Waals surface area (Å²) in [6.45, 7) is 10.5. The van der Waals surface area contributed by atoms with Gasteiger partial charge >= 0.3 is 6.09 Å².